The molecule has 0 radical (unpaired) electrons. The molecular formula is C11H22O4. The Morgan fingerprint density at radius 2 is 2.00 bits per heavy atom. The zero-order valence-electron chi connectivity index (χ0n) is 9.74. The first kappa shape index (κ1) is 12.9. The molecule has 0 amide bonds. The van der Waals surface area contributed by atoms with Crippen LogP contribution in [0.2, 0.25) is 0 Å². The molecule has 0 bridgehead atoms. The highest BCUT2D eigenvalue weighted by Gasteiger charge is 2.16. The van der Waals surface area contributed by atoms with Crippen LogP contribution in [0.25, 0.3) is 0 Å². The van der Waals surface area contributed by atoms with Gasteiger partial charge in [0.25, 0.3) is 0 Å². The van der Waals surface area contributed by atoms with Crippen LogP contribution in [-0.2, 0) is 18.9 Å². The average molecular weight is 218 g/mol. The first-order valence-electron chi connectivity index (χ1n) is 5.75. The summed E-state index contributed by atoms with van der Waals surface area (Å²) in [7, 11) is 0. The molecule has 90 valence electrons. The highest BCUT2D eigenvalue weighted by molar-refractivity contribution is 4.62. The molecule has 4 heteroatoms. The van der Waals surface area contributed by atoms with Crippen molar-refractivity contribution in [2.24, 2.45) is 5.92 Å². The molecule has 1 atom stereocenters. The molecule has 0 aromatic heterocycles. The van der Waals surface area contributed by atoms with Gasteiger partial charge in [-0.3, -0.25) is 0 Å². The van der Waals surface area contributed by atoms with E-state index in [1.54, 1.807) is 0 Å². The summed E-state index contributed by atoms with van der Waals surface area (Å²) in [6.45, 7) is 8.17. The van der Waals surface area contributed by atoms with E-state index in [0.29, 0.717) is 25.7 Å². The second kappa shape index (κ2) is 8.05. The monoisotopic (exact) mass is 218 g/mol. The van der Waals surface area contributed by atoms with E-state index in [4.69, 9.17) is 18.9 Å². The van der Waals surface area contributed by atoms with Crippen molar-refractivity contribution in [1.29, 1.82) is 0 Å². The largest absolute Gasteiger partial charge is 0.381 e. The Kier molecular flexibility index (Phi) is 6.92. The second-order valence-corrected chi connectivity index (χ2v) is 3.61. The van der Waals surface area contributed by atoms with E-state index in [0.717, 1.165) is 26.2 Å². The lowest BCUT2D eigenvalue weighted by molar-refractivity contribution is -0.169. The second-order valence-electron chi connectivity index (χ2n) is 3.61. The lowest BCUT2D eigenvalue weighted by Crippen LogP contribution is -2.25. The lowest BCUT2D eigenvalue weighted by Gasteiger charge is -2.17. The fraction of sp³-hybridized carbons (Fsp3) is 1.00. The van der Waals surface area contributed by atoms with Crippen molar-refractivity contribution >= 4 is 0 Å². The molecule has 1 fully saturated rings. The number of ether oxygens (including phenoxy) is 4. The van der Waals surface area contributed by atoms with E-state index in [2.05, 4.69) is 0 Å². The summed E-state index contributed by atoms with van der Waals surface area (Å²) in [5.74, 6) is 0.550. The van der Waals surface area contributed by atoms with E-state index in [1.807, 2.05) is 13.8 Å². The molecule has 1 rings (SSSR count). The predicted octanol–water partition coefficient (Wildman–Crippen LogP) is 1.44. The molecule has 1 unspecified atom stereocenters. The van der Waals surface area contributed by atoms with Crippen molar-refractivity contribution < 1.29 is 18.9 Å². The van der Waals surface area contributed by atoms with Gasteiger partial charge in [-0.2, -0.15) is 0 Å². The zero-order chi connectivity index (χ0) is 10.9. The van der Waals surface area contributed by atoms with Crippen LogP contribution in [0.4, 0.5) is 0 Å². The van der Waals surface area contributed by atoms with E-state index >= 15 is 0 Å². The Morgan fingerprint density at radius 1 is 1.27 bits per heavy atom. The summed E-state index contributed by atoms with van der Waals surface area (Å²) < 4.78 is 21.6. The van der Waals surface area contributed by atoms with Crippen molar-refractivity contribution in [2.45, 2.75) is 26.6 Å². The number of hydrogen-bond acceptors (Lipinski definition) is 4. The van der Waals surface area contributed by atoms with Gasteiger partial charge in [-0.05, 0) is 20.3 Å². The van der Waals surface area contributed by atoms with Gasteiger partial charge in [-0.25, -0.2) is 0 Å². The molecule has 0 spiro atoms. The van der Waals surface area contributed by atoms with Crippen LogP contribution in [-0.4, -0.2) is 45.9 Å². The maximum Gasteiger partial charge on any atom is 0.180 e. The van der Waals surface area contributed by atoms with Crippen molar-refractivity contribution in [3.8, 4) is 0 Å². The molecule has 0 aromatic rings. The third-order valence-corrected chi connectivity index (χ3v) is 2.34. The van der Waals surface area contributed by atoms with Crippen LogP contribution in [0.1, 0.15) is 20.3 Å². The number of rotatable bonds is 8. The Labute approximate surface area is 91.8 Å². The highest BCUT2D eigenvalue weighted by Crippen LogP contribution is 2.12. The van der Waals surface area contributed by atoms with Gasteiger partial charge < -0.3 is 18.9 Å². The Hall–Kier alpha value is -0.160. The van der Waals surface area contributed by atoms with Crippen LogP contribution in [0.15, 0.2) is 0 Å². The molecule has 1 aliphatic rings. The molecule has 4 nitrogen and oxygen atoms in total. The van der Waals surface area contributed by atoms with Gasteiger partial charge >= 0.3 is 0 Å². The minimum absolute atomic E-state index is 0.220. The lowest BCUT2D eigenvalue weighted by atomic mass is 10.1. The average Bonchev–Trinajstić information content (AvgIpc) is 2.71. The standard InChI is InChI=1S/C11H22O4/c1-3-14-11(15-4-2)9-13-8-10-5-6-12-7-10/h10-11H,3-9H2,1-2H3. The van der Waals surface area contributed by atoms with Gasteiger partial charge in [0.1, 0.15) is 0 Å². The van der Waals surface area contributed by atoms with E-state index < -0.39 is 0 Å². The third kappa shape index (κ3) is 5.47. The minimum Gasteiger partial charge on any atom is -0.381 e. The summed E-state index contributed by atoms with van der Waals surface area (Å²) in [5.41, 5.74) is 0. The Morgan fingerprint density at radius 3 is 2.53 bits per heavy atom. The molecule has 0 saturated carbocycles. The van der Waals surface area contributed by atoms with Crippen molar-refractivity contribution in [1.82, 2.24) is 0 Å². The van der Waals surface area contributed by atoms with Crippen LogP contribution in [0.5, 0.6) is 0 Å². The molecule has 0 aliphatic carbocycles. The van der Waals surface area contributed by atoms with Crippen LogP contribution >= 0.6 is 0 Å². The highest BCUT2D eigenvalue weighted by atomic mass is 16.7. The van der Waals surface area contributed by atoms with Crippen LogP contribution in [0.3, 0.4) is 0 Å². The molecule has 1 saturated heterocycles. The normalized spacial score (nSPS) is 21.4. The third-order valence-electron chi connectivity index (χ3n) is 2.34. The summed E-state index contributed by atoms with van der Waals surface area (Å²) >= 11 is 0. The fourth-order valence-electron chi connectivity index (χ4n) is 1.56. The fourth-order valence-corrected chi connectivity index (χ4v) is 1.56. The van der Waals surface area contributed by atoms with Gasteiger partial charge in [0, 0.05) is 25.7 Å². The summed E-state index contributed by atoms with van der Waals surface area (Å²) in [6.07, 6.45) is 0.885. The molecule has 0 N–H and O–H groups in total. The molecule has 1 heterocycles. The van der Waals surface area contributed by atoms with Crippen LogP contribution in [0, 0.1) is 5.92 Å². The maximum atomic E-state index is 5.55. The summed E-state index contributed by atoms with van der Waals surface area (Å²) in [4.78, 5) is 0. The zero-order valence-corrected chi connectivity index (χ0v) is 9.74. The molecule has 15 heavy (non-hydrogen) atoms. The first-order chi connectivity index (χ1) is 7.36. The van der Waals surface area contributed by atoms with Crippen LogP contribution < -0.4 is 0 Å². The quantitative estimate of drug-likeness (QED) is 0.578. The van der Waals surface area contributed by atoms with Gasteiger partial charge in [0.15, 0.2) is 6.29 Å². The molecule has 0 aromatic carbocycles. The predicted molar refractivity (Wildman–Crippen MR) is 56.8 cm³/mol. The Bertz CT molecular complexity index is 140. The first-order valence-corrected chi connectivity index (χ1v) is 5.75. The van der Waals surface area contributed by atoms with Crippen molar-refractivity contribution in [3.05, 3.63) is 0 Å². The van der Waals surface area contributed by atoms with E-state index in [1.165, 1.54) is 0 Å². The SMILES string of the molecule is CCOC(COCC1CCOC1)OCC. The minimum atomic E-state index is -0.220. The maximum absolute atomic E-state index is 5.55. The van der Waals surface area contributed by atoms with E-state index in [-0.39, 0.29) is 6.29 Å². The van der Waals surface area contributed by atoms with Crippen molar-refractivity contribution in [2.75, 3.05) is 39.6 Å². The van der Waals surface area contributed by atoms with Gasteiger partial charge in [-0.15, -0.1) is 0 Å². The van der Waals surface area contributed by atoms with Gasteiger partial charge in [-0.1, -0.05) is 0 Å². The smallest absolute Gasteiger partial charge is 0.180 e. The summed E-state index contributed by atoms with van der Waals surface area (Å²) in [6, 6.07) is 0. The summed E-state index contributed by atoms with van der Waals surface area (Å²) in [5, 5.41) is 0. The van der Waals surface area contributed by atoms with Gasteiger partial charge in [0.05, 0.1) is 19.8 Å². The van der Waals surface area contributed by atoms with Gasteiger partial charge in [0.2, 0.25) is 0 Å². The topological polar surface area (TPSA) is 36.9 Å². The Balaban J connectivity index is 2.04. The van der Waals surface area contributed by atoms with E-state index in [9.17, 15) is 0 Å². The van der Waals surface area contributed by atoms with Crippen molar-refractivity contribution in [3.63, 3.8) is 0 Å². The number of hydrogen-bond donors (Lipinski definition) is 0. The molecular weight excluding hydrogens is 196 g/mol. The molecule has 1 aliphatic heterocycles.